The van der Waals surface area contributed by atoms with Gasteiger partial charge in [-0.2, -0.15) is 0 Å². The third kappa shape index (κ3) is 3.23. The second-order valence-electron chi connectivity index (χ2n) is 6.11. The fourth-order valence-corrected chi connectivity index (χ4v) is 3.92. The summed E-state index contributed by atoms with van der Waals surface area (Å²) in [4.78, 5) is 0.243. The highest BCUT2D eigenvalue weighted by atomic mass is 32.2. The Kier molecular flexibility index (Phi) is 4.73. The normalized spacial score (nSPS) is 21.5. The van der Waals surface area contributed by atoms with Crippen LogP contribution >= 0.6 is 0 Å². The van der Waals surface area contributed by atoms with Gasteiger partial charge in [-0.15, -0.1) is 0 Å². The van der Waals surface area contributed by atoms with Gasteiger partial charge in [-0.25, -0.2) is 13.1 Å². The average Bonchev–Trinajstić information content (AvgIpc) is 2.90. The van der Waals surface area contributed by atoms with Gasteiger partial charge in [0.2, 0.25) is 10.0 Å². The maximum Gasteiger partial charge on any atom is 0.240 e. The van der Waals surface area contributed by atoms with E-state index in [2.05, 4.69) is 10.0 Å². The Hall–Kier alpha value is -1.73. The minimum atomic E-state index is -3.42. The molecule has 0 amide bonds. The summed E-state index contributed by atoms with van der Waals surface area (Å²) in [6.45, 7) is 2.01. The van der Waals surface area contributed by atoms with Crippen molar-refractivity contribution in [1.29, 1.82) is 0 Å². The van der Waals surface area contributed by atoms with Crippen LogP contribution in [0.25, 0.3) is 0 Å². The number of fused-ring (bicyclic) bond motifs is 1. The van der Waals surface area contributed by atoms with E-state index >= 15 is 0 Å². The quantitative estimate of drug-likeness (QED) is 0.773. The zero-order valence-electron chi connectivity index (χ0n) is 13.7. The van der Waals surface area contributed by atoms with E-state index in [-0.39, 0.29) is 17.0 Å². The van der Waals surface area contributed by atoms with Crippen molar-refractivity contribution in [3.05, 3.63) is 65.2 Å². The van der Waals surface area contributed by atoms with Gasteiger partial charge in [0, 0.05) is 12.5 Å². The molecule has 0 heterocycles. The first-order valence-corrected chi connectivity index (χ1v) is 9.46. The molecule has 0 aliphatic heterocycles. The minimum Gasteiger partial charge on any atom is -0.391 e. The zero-order chi connectivity index (χ0) is 17.3. The Morgan fingerprint density at radius 2 is 1.79 bits per heavy atom. The molecule has 3 rings (SSSR count). The van der Waals surface area contributed by atoms with Crippen molar-refractivity contribution in [2.75, 3.05) is 7.05 Å². The fraction of sp³-hybridized carbons (Fsp3) is 0.333. The third-order valence-electron chi connectivity index (χ3n) is 4.59. The largest absolute Gasteiger partial charge is 0.391 e. The van der Waals surface area contributed by atoms with Gasteiger partial charge in [-0.05, 0) is 42.8 Å². The molecule has 24 heavy (non-hydrogen) atoms. The maximum absolute atomic E-state index is 11.8. The molecule has 128 valence electrons. The van der Waals surface area contributed by atoms with E-state index in [9.17, 15) is 13.5 Å². The van der Waals surface area contributed by atoms with Gasteiger partial charge in [-0.3, -0.25) is 0 Å². The van der Waals surface area contributed by atoms with Crippen LogP contribution in [0.2, 0.25) is 0 Å². The highest BCUT2D eigenvalue weighted by Gasteiger charge is 2.31. The molecule has 0 fully saturated rings. The maximum atomic E-state index is 11.8. The van der Waals surface area contributed by atoms with E-state index in [0.29, 0.717) is 6.42 Å². The first-order valence-electron chi connectivity index (χ1n) is 7.98. The Morgan fingerprint density at radius 1 is 1.12 bits per heavy atom. The summed E-state index contributed by atoms with van der Waals surface area (Å²) in [6, 6.07) is 14.7. The molecule has 3 atom stereocenters. The summed E-state index contributed by atoms with van der Waals surface area (Å²) >= 11 is 0. The number of sulfonamides is 1. The molecule has 0 bridgehead atoms. The molecule has 0 saturated carbocycles. The number of hydrogen-bond acceptors (Lipinski definition) is 4. The lowest BCUT2D eigenvalue weighted by molar-refractivity contribution is 0.136. The van der Waals surface area contributed by atoms with E-state index in [1.807, 2.05) is 31.2 Å². The van der Waals surface area contributed by atoms with Crippen molar-refractivity contribution >= 4 is 10.0 Å². The summed E-state index contributed by atoms with van der Waals surface area (Å²) in [5.74, 6) is 0. The predicted octanol–water partition coefficient (Wildman–Crippen LogP) is 1.90. The molecule has 2 aromatic rings. The Bertz CT molecular complexity index is 818. The van der Waals surface area contributed by atoms with Crippen molar-refractivity contribution in [2.45, 2.75) is 36.4 Å². The van der Waals surface area contributed by atoms with E-state index in [4.69, 9.17) is 0 Å². The van der Waals surface area contributed by atoms with Crippen LogP contribution in [0.5, 0.6) is 0 Å². The van der Waals surface area contributed by atoms with Crippen LogP contribution in [0.1, 0.15) is 35.7 Å². The van der Waals surface area contributed by atoms with Crippen LogP contribution in [-0.2, 0) is 16.4 Å². The van der Waals surface area contributed by atoms with E-state index in [0.717, 1.165) is 11.1 Å². The molecule has 3 unspecified atom stereocenters. The van der Waals surface area contributed by atoms with Crippen molar-refractivity contribution in [3.63, 3.8) is 0 Å². The molecular weight excluding hydrogens is 324 g/mol. The van der Waals surface area contributed by atoms with Crippen molar-refractivity contribution in [3.8, 4) is 0 Å². The zero-order valence-corrected chi connectivity index (χ0v) is 14.5. The Labute approximate surface area is 142 Å². The van der Waals surface area contributed by atoms with Crippen LogP contribution < -0.4 is 10.0 Å². The van der Waals surface area contributed by atoms with Crippen molar-refractivity contribution in [2.24, 2.45) is 0 Å². The van der Waals surface area contributed by atoms with Crippen molar-refractivity contribution < 1.29 is 13.5 Å². The summed E-state index contributed by atoms with van der Waals surface area (Å²) in [5, 5.41) is 13.8. The van der Waals surface area contributed by atoms with Crippen LogP contribution in [0.3, 0.4) is 0 Å². The number of nitrogens with one attached hydrogen (secondary N) is 2. The highest BCUT2D eigenvalue weighted by Crippen LogP contribution is 2.33. The molecule has 0 saturated heterocycles. The number of aliphatic hydroxyl groups is 1. The number of hydrogen-bond donors (Lipinski definition) is 3. The number of rotatable bonds is 5. The topological polar surface area (TPSA) is 78.4 Å². The van der Waals surface area contributed by atoms with Crippen LogP contribution in [0.15, 0.2) is 53.4 Å². The van der Waals surface area contributed by atoms with E-state index in [1.54, 1.807) is 24.3 Å². The predicted molar refractivity (Wildman–Crippen MR) is 93.1 cm³/mol. The lowest BCUT2D eigenvalue weighted by atomic mass is 10.0. The molecule has 0 aromatic heterocycles. The average molecular weight is 346 g/mol. The lowest BCUT2D eigenvalue weighted by Crippen LogP contribution is -2.31. The molecule has 0 spiro atoms. The monoisotopic (exact) mass is 346 g/mol. The standard InChI is InChI=1S/C18H22N2O3S/c1-12(13-7-9-15(10-8-13)24(22,23)19-2)20-18-16-6-4-3-5-14(16)11-17(18)21/h3-10,12,17-21H,11H2,1-2H3. The second kappa shape index (κ2) is 6.64. The van der Waals surface area contributed by atoms with Crippen LogP contribution in [-0.4, -0.2) is 26.7 Å². The fourth-order valence-electron chi connectivity index (χ4n) is 3.19. The van der Waals surface area contributed by atoms with Gasteiger partial charge >= 0.3 is 0 Å². The molecule has 3 N–H and O–H groups in total. The van der Waals surface area contributed by atoms with Crippen LogP contribution in [0, 0.1) is 0 Å². The van der Waals surface area contributed by atoms with Gasteiger partial charge in [0.15, 0.2) is 0 Å². The summed E-state index contributed by atoms with van der Waals surface area (Å²) < 4.78 is 25.9. The van der Waals surface area contributed by atoms with E-state index < -0.39 is 16.1 Å². The minimum absolute atomic E-state index is 0.0119. The molecule has 1 aliphatic carbocycles. The SMILES string of the molecule is CNS(=O)(=O)c1ccc(C(C)NC2c3ccccc3CC2O)cc1. The molecule has 0 radical (unpaired) electrons. The summed E-state index contributed by atoms with van der Waals surface area (Å²) in [5.41, 5.74) is 3.28. The van der Waals surface area contributed by atoms with Gasteiger partial charge in [0.25, 0.3) is 0 Å². The van der Waals surface area contributed by atoms with E-state index in [1.165, 1.54) is 12.6 Å². The molecular formula is C18H22N2O3S. The van der Waals surface area contributed by atoms with Gasteiger partial charge in [0.1, 0.15) is 0 Å². The molecule has 6 heteroatoms. The molecule has 5 nitrogen and oxygen atoms in total. The van der Waals surface area contributed by atoms with Crippen molar-refractivity contribution in [1.82, 2.24) is 10.0 Å². The van der Waals surface area contributed by atoms with Gasteiger partial charge in [-0.1, -0.05) is 36.4 Å². The first-order chi connectivity index (χ1) is 11.4. The number of benzene rings is 2. The second-order valence-corrected chi connectivity index (χ2v) is 8.00. The van der Waals surface area contributed by atoms with Gasteiger partial charge in [0.05, 0.1) is 17.0 Å². The van der Waals surface area contributed by atoms with Crippen LogP contribution in [0.4, 0.5) is 0 Å². The summed E-state index contributed by atoms with van der Waals surface area (Å²) in [7, 11) is -2.03. The molecule has 1 aliphatic rings. The first kappa shape index (κ1) is 17.1. The molecule has 2 aromatic carbocycles. The smallest absolute Gasteiger partial charge is 0.240 e. The number of aliphatic hydroxyl groups excluding tert-OH is 1. The Balaban J connectivity index is 1.77. The summed E-state index contributed by atoms with van der Waals surface area (Å²) in [6.07, 6.45) is 0.202. The third-order valence-corrected chi connectivity index (χ3v) is 6.02. The lowest BCUT2D eigenvalue weighted by Gasteiger charge is -2.23. The van der Waals surface area contributed by atoms with Gasteiger partial charge < -0.3 is 10.4 Å². The Morgan fingerprint density at radius 3 is 2.46 bits per heavy atom. The highest BCUT2D eigenvalue weighted by molar-refractivity contribution is 7.89.